The van der Waals surface area contributed by atoms with Gasteiger partial charge in [0.1, 0.15) is 5.76 Å². The van der Waals surface area contributed by atoms with Gasteiger partial charge in [0.05, 0.1) is 18.2 Å². The molecular formula is C20H26N2O3. The number of aromatic nitrogens is 1. The molecule has 0 aliphatic carbocycles. The topological polar surface area (TPSA) is 66.6 Å². The lowest BCUT2D eigenvalue weighted by atomic mass is 9.98. The van der Waals surface area contributed by atoms with Gasteiger partial charge < -0.3 is 14.5 Å². The van der Waals surface area contributed by atoms with Crippen molar-refractivity contribution in [1.29, 1.82) is 0 Å². The first-order chi connectivity index (χ1) is 12.1. The van der Waals surface area contributed by atoms with Crippen LogP contribution in [-0.4, -0.2) is 33.7 Å². The van der Waals surface area contributed by atoms with Crippen LogP contribution in [0.15, 0.2) is 40.9 Å². The van der Waals surface area contributed by atoms with Crippen molar-refractivity contribution in [2.75, 3.05) is 6.54 Å². The first kappa shape index (κ1) is 17.7. The summed E-state index contributed by atoms with van der Waals surface area (Å²) in [6.45, 7) is 2.58. The molecule has 2 atom stereocenters. The molecule has 2 heterocycles. The lowest BCUT2D eigenvalue weighted by Gasteiger charge is -2.31. The van der Waals surface area contributed by atoms with Crippen LogP contribution in [0.2, 0.25) is 0 Å². The molecule has 0 radical (unpaired) electrons. The number of likely N-dealkylation sites (tertiary alicyclic amines) is 1. The molecule has 0 saturated carbocycles. The summed E-state index contributed by atoms with van der Waals surface area (Å²) in [6.07, 6.45) is 4.47. The van der Waals surface area contributed by atoms with Crippen LogP contribution >= 0.6 is 0 Å². The van der Waals surface area contributed by atoms with E-state index in [-0.39, 0.29) is 18.4 Å². The third kappa shape index (κ3) is 4.69. The van der Waals surface area contributed by atoms with Crippen LogP contribution in [0.25, 0.3) is 0 Å². The minimum atomic E-state index is -0.547. The van der Waals surface area contributed by atoms with Gasteiger partial charge in [0, 0.05) is 18.7 Å². The molecule has 1 amide bonds. The second kappa shape index (κ2) is 8.30. The Morgan fingerprint density at radius 3 is 2.84 bits per heavy atom. The summed E-state index contributed by atoms with van der Waals surface area (Å²) in [7, 11) is 0. The number of benzene rings is 1. The normalized spacial score (nSPS) is 19.4. The van der Waals surface area contributed by atoms with Crippen LogP contribution in [0.3, 0.4) is 0 Å². The molecule has 5 nitrogen and oxygen atoms in total. The summed E-state index contributed by atoms with van der Waals surface area (Å²) in [5.74, 6) is 0.787. The first-order valence-corrected chi connectivity index (χ1v) is 9.08. The van der Waals surface area contributed by atoms with Crippen LogP contribution in [0.4, 0.5) is 0 Å². The number of aryl methyl sites for hydroxylation is 1. The van der Waals surface area contributed by atoms with Gasteiger partial charge in [0.15, 0.2) is 0 Å². The van der Waals surface area contributed by atoms with Crippen LogP contribution in [0, 0.1) is 6.92 Å². The molecule has 1 fully saturated rings. The Kier molecular flexibility index (Phi) is 5.87. The fourth-order valence-electron chi connectivity index (χ4n) is 3.58. The zero-order chi connectivity index (χ0) is 17.6. The molecule has 0 spiro atoms. The van der Waals surface area contributed by atoms with Gasteiger partial charge in [-0.05, 0) is 31.7 Å². The molecule has 0 unspecified atom stereocenters. The summed E-state index contributed by atoms with van der Waals surface area (Å²) in [5.41, 5.74) is 1.58. The van der Waals surface area contributed by atoms with Crippen LogP contribution in [0.5, 0.6) is 0 Å². The summed E-state index contributed by atoms with van der Waals surface area (Å²) in [6, 6.07) is 11.6. The fourth-order valence-corrected chi connectivity index (χ4v) is 3.58. The molecular weight excluding hydrogens is 316 g/mol. The van der Waals surface area contributed by atoms with E-state index < -0.39 is 6.10 Å². The van der Waals surface area contributed by atoms with Crippen molar-refractivity contribution < 1.29 is 14.4 Å². The average molecular weight is 342 g/mol. The van der Waals surface area contributed by atoms with E-state index in [9.17, 15) is 9.90 Å². The number of aliphatic hydroxyl groups excluding tert-OH is 1. The lowest BCUT2D eigenvalue weighted by Crippen LogP contribution is -2.41. The molecule has 1 aliphatic rings. The van der Waals surface area contributed by atoms with E-state index in [0.29, 0.717) is 12.1 Å². The van der Waals surface area contributed by atoms with Crippen molar-refractivity contribution >= 4 is 5.91 Å². The Labute approximate surface area is 148 Å². The van der Waals surface area contributed by atoms with Crippen LogP contribution < -0.4 is 0 Å². The van der Waals surface area contributed by atoms with E-state index in [1.807, 2.05) is 48.2 Å². The third-order valence-corrected chi connectivity index (χ3v) is 4.89. The van der Waals surface area contributed by atoms with E-state index >= 15 is 0 Å². The smallest absolute Gasteiger partial charge is 0.228 e. The molecule has 1 aliphatic heterocycles. The van der Waals surface area contributed by atoms with Gasteiger partial charge in [-0.3, -0.25) is 4.79 Å². The van der Waals surface area contributed by atoms with Gasteiger partial charge >= 0.3 is 0 Å². The van der Waals surface area contributed by atoms with Gasteiger partial charge in [-0.2, -0.15) is 0 Å². The van der Waals surface area contributed by atoms with E-state index in [2.05, 4.69) is 5.16 Å². The summed E-state index contributed by atoms with van der Waals surface area (Å²) in [5, 5.41) is 14.5. The highest BCUT2D eigenvalue weighted by Crippen LogP contribution is 2.27. The second-order valence-corrected chi connectivity index (χ2v) is 6.86. The number of nitrogens with zero attached hydrogens (tertiary/aromatic N) is 2. The summed E-state index contributed by atoms with van der Waals surface area (Å²) < 4.78 is 5.07. The van der Waals surface area contributed by atoms with Crippen molar-refractivity contribution in [2.45, 2.75) is 57.6 Å². The maximum Gasteiger partial charge on any atom is 0.228 e. The maximum absolute atomic E-state index is 12.8. The van der Waals surface area contributed by atoms with Crippen molar-refractivity contribution in [3.05, 3.63) is 53.4 Å². The summed E-state index contributed by atoms with van der Waals surface area (Å²) >= 11 is 0. The molecule has 0 bridgehead atoms. The van der Waals surface area contributed by atoms with E-state index in [0.717, 1.165) is 43.6 Å². The highest BCUT2D eigenvalue weighted by Gasteiger charge is 2.28. The van der Waals surface area contributed by atoms with Crippen molar-refractivity contribution in [3.63, 3.8) is 0 Å². The average Bonchev–Trinajstić information content (AvgIpc) is 2.88. The third-order valence-electron chi connectivity index (χ3n) is 4.89. The van der Waals surface area contributed by atoms with Crippen molar-refractivity contribution in [3.8, 4) is 0 Å². The monoisotopic (exact) mass is 342 g/mol. The molecule has 1 aromatic heterocycles. The first-order valence-electron chi connectivity index (χ1n) is 9.08. The predicted molar refractivity (Wildman–Crippen MR) is 94.9 cm³/mol. The number of hydrogen-bond acceptors (Lipinski definition) is 4. The largest absolute Gasteiger partial charge is 0.388 e. The maximum atomic E-state index is 12.8. The highest BCUT2D eigenvalue weighted by molar-refractivity contribution is 5.78. The number of amides is 1. The minimum Gasteiger partial charge on any atom is -0.388 e. The molecule has 134 valence electrons. The number of rotatable bonds is 5. The Morgan fingerprint density at radius 2 is 2.12 bits per heavy atom. The van der Waals surface area contributed by atoms with E-state index in [1.54, 1.807) is 0 Å². The molecule has 1 aromatic carbocycles. The zero-order valence-corrected chi connectivity index (χ0v) is 14.7. The fraction of sp³-hybridized carbons (Fsp3) is 0.500. The molecule has 1 N–H and O–H groups in total. The molecule has 3 rings (SSSR count). The number of hydrogen-bond donors (Lipinski definition) is 1. The molecule has 5 heteroatoms. The molecule has 1 saturated heterocycles. The predicted octanol–water partition coefficient (Wildman–Crippen LogP) is 3.42. The van der Waals surface area contributed by atoms with Crippen LogP contribution in [0.1, 0.15) is 55.2 Å². The Balaban J connectivity index is 1.69. The molecule has 2 aromatic rings. The summed E-state index contributed by atoms with van der Waals surface area (Å²) in [4.78, 5) is 14.8. The molecule has 25 heavy (non-hydrogen) atoms. The zero-order valence-electron chi connectivity index (χ0n) is 14.7. The second-order valence-electron chi connectivity index (χ2n) is 6.86. The Morgan fingerprint density at radius 1 is 1.32 bits per heavy atom. The number of carbonyl (C=O) groups is 1. The number of carbonyl (C=O) groups excluding carboxylic acids is 1. The van der Waals surface area contributed by atoms with E-state index in [1.165, 1.54) is 0 Å². The minimum absolute atomic E-state index is 0.0678. The highest BCUT2D eigenvalue weighted by atomic mass is 16.5. The Hall–Kier alpha value is -2.14. The number of aliphatic hydroxyl groups is 1. The van der Waals surface area contributed by atoms with Gasteiger partial charge in [-0.15, -0.1) is 0 Å². The van der Waals surface area contributed by atoms with Gasteiger partial charge in [-0.25, -0.2) is 0 Å². The van der Waals surface area contributed by atoms with E-state index in [4.69, 9.17) is 4.52 Å². The van der Waals surface area contributed by atoms with Crippen LogP contribution in [-0.2, 0) is 11.2 Å². The van der Waals surface area contributed by atoms with Crippen molar-refractivity contribution in [2.24, 2.45) is 0 Å². The lowest BCUT2D eigenvalue weighted by molar-refractivity contribution is -0.133. The standard InChI is InChI=1S/C20H26N2O3/c1-15-12-17(21-25-15)13-20(24)22-11-7-3-6-10-18(22)14-19(23)16-8-4-2-5-9-16/h2,4-5,8-9,12,18-19,23H,3,6-7,10-11,13-14H2,1H3/t18-,19+/m0/s1. The quantitative estimate of drug-likeness (QED) is 0.904. The van der Waals surface area contributed by atoms with Gasteiger partial charge in [0.2, 0.25) is 5.91 Å². The van der Waals surface area contributed by atoms with Crippen molar-refractivity contribution in [1.82, 2.24) is 10.1 Å². The van der Waals surface area contributed by atoms with Gasteiger partial charge in [0.25, 0.3) is 0 Å². The Bertz CT molecular complexity index is 683. The van der Waals surface area contributed by atoms with Gasteiger partial charge in [-0.1, -0.05) is 48.3 Å². The SMILES string of the molecule is Cc1cc(CC(=O)N2CCCCC[C@H]2C[C@@H](O)c2ccccc2)no1.